The predicted octanol–water partition coefficient (Wildman–Crippen LogP) is 16.8. The Hall–Kier alpha value is -4.68. The van der Waals surface area contributed by atoms with E-state index in [9.17, 15) is 14.7 Å². The second-order valence-electron chi connectivity index (χ2n) is 19.1. The molecule has 0 atom stereocenters. The van der Waals surface area contributed by atoms with E-state index in [1.54, 1.807) is 24.8 Å². The quantitative estimate of drug-likeness (QED) is 0.0374. The van der Waals surface area contributed by atoms with Gasteiger partial charge in [-0.1, -0.05) is 139 Å². The van der Waals surface area contributed by atoms with Crippen molar-refractivity contribution in [3.05, 3.63) is 118 Å². The number of hydrogen-bond acceptors (Lipinski definition) is 9. The minimum atomic E-state index is -0.921. The van der Waals surface area contributed by atoms with Crippen molar-refractivity contribution in [2.45, 2.75) is 206 Å². The van der Waals surface area contributed by atoms with Gasteiger partial charge >= 0.3 is 5.97 Å². The molecule has 4 heterocycles. The Morgan fingerprint density at radius 1 is 0.514 bits per heavy atom. The molecule has 0 bridgehead atoms. The number of allylic oxidation sites excluding steroid dienone is 8. The molecule has 0 unspecified atom stereocenters. The summed E-state index contributed by atoms with van der Waals surface area (Å²) in [4.78, 5) is 46.9. The molecule has 4 aromatic rings. The second kappa shape index (κ2) is 42.5. The van der Waals surface area contributed by atoms with Crippen LogP contribution in [0.5, 0.6) is 0 Å². The first-order valence-corrected chi connectivity index (χ1v) is 29.6. The van der Waals surface area contributed by atoms with Gasteiger partial charge in [-0.05, 0) is 164 Å². The number of nitrogens with zero attached hydrogens (tertiary/aromatic N) is 6. The summed E-state index contributed by atoms with van der Waals surface area (Å²) in [7, 11) is 0. The monoisotopic (exact) mass is 1140 g/mol. The standard InChI is InChI=1S/2C18H32O2.2C13H12BrN3/c2*1-2-3-4-5-6-7-8-9-10-11-12-13-14-15-16-17-18(19)20;2*14-12-9(8-10-2-1-5-15-10)3-4-11-13(12)17-7-6-16-11/h2*6-7,9-10H,2-5,8,11-17H2,1H3,(H,19,20);2*3-4,6-7H,1-2,5,8H2/p-1/b2*7-6+,10-9-;;. The van der Waals surface area contributed by atoms with Gasteiger partial charge in [-0.15, -0.1) is 0 Å². The molecule has 12 heteroatoms. The topological polar surface area (TPSA) is 154 Å². The van der Waals surface area contributed by atoms with Crippen molar-refractivity contribution >= 4 is 77.3 Å². The number of aliphatic imine (C=N–C) groups is 2. The van der Waals surface area contributed by atoms with E-state index >= 15 is 0 Å². The number of carbonyl (C=O) groups is 2. The van der Waals surface area contributed by atoms with Crippen LogP contribution in [0.2, 0.25) is 0 Å². The molecule has 0 spiro atoms. The van der Waals surface area contributed by atoms with E-state index in [1.807, 2.05) is 12.1 Å². The van der Waals surface area contributed by atoms with Gasteiger partial charge in [0.05, 0.1) is 11.0 Å². The van der Waals surface area contributed by atoms with E-state index in [2.05, 4.69) is 136 Å². The third kappa shape index (κ3) is 30.0. The summed E-state index contributed by atoms with van der Waals surface area (Å²) < 4.78 is 2.11. The molecular weight excluding hydrogens is 1050 g/mol. The number of carboxylic acid groups (broad SMARTS) is 2. The first-order chi connectivity index (χ1) is 36.2. The molecule has 6 rings (SSSR count). The second-order valence-corrected chi connectivity index (χ2v) is 20.7. The summed E-state index contributed by atoms with van der Waals surface area (Å²) in [5.74, 6) is -1.59. The highest BCUT2D eigenvalue weighted by atomic mass is 79.9. The van der Waals surface area contributed by atoms with Crippen LogP contribution in [0.15, 0.2) is 117 Å². The summed E-state index contributed by atoms with van der Waals surface area (Å²) in [6, 6.07) is 8.28. The van der Waals surface area contributed by atoms with E-state index in [0.29, 0.717) is 6.42 Å². The summed E-state index contributed by atoms with van der Waals surface area (Å²) >= 11 is 7.26. The van der Waals surface area contributed by atoms with E-state index < -0.39 is 11.9 Å². The highest BCUT2D eigenvalue weighted by Gasteiger charge is 2.13. The number of aliphatic carboxylic acids is 2. The van der Waals surface area contributed by atoms with Crippen molar-refractivity contribution in [3.8, 4) is 0 Å². The Kier molecular flexibility index (Phi) is 36.6. The number of carboxylic acids is 2. The molecule has 0 saturated carbocycles. The van der Waals surface area contributed by atoms with Crippen LogP contribution in [0, 0.1) is 0 Å². The van der Waals surface area contributed by atoms with Crippen molar-refractivity contribution < 1.29 is 19.8 Å². The van der Waals surface area contributed by atoms with E-state index in [1.165, 1.54) is 119 Å². The van der Waals surface area contributed by atoms with Crippen molar-refractivity contribution in [1.29, 1.82) is 0 Å². The van der Waals surface area contributed by atoms with E-state index in [4.69, 9.17) is 5.11 Å². The van der Waals surface area contributed by atoms with Crippen LogP contribution in [0.1, 0.15) is 205 Å². The van der Waals surface area contributed by atoms with Crippen LogP contribution < -0.4 is 5.11 Å². The maximum atomic E-state index is 10.3. The van der Waals surface area contributed by atoms with Crippen LogP contribution in [0.4, 0.5) is 0 Å². The molecule has 10 nitrogen and oxygen atoms in total. The van der Waals surface area contributed by atoms with Crippen LogP contribution >= 0.6 is 31.9 Å². The maximum absolute atomic E-state index is 10.3. The summed E-state index contributed by atoms with van der Waals surface area (Å²) in [5, 5.41) is 18.7. The van der Waals surface area contributed by atoms with Crippen molar-refractivity contribution in [2.24, 2.45) is 9.98 Å². The predicted molar refractivity (Wildman–Crippen MR) is 316 cm³/mol. The normalized spacial score (nSPS) is 13.3. The third-order valence-electron chi connectivity index (χ3n) is 12.7. The highest BCUT2D eigenvalue weighted by Crippen LogP contribution is 2.28. The number of hydrogen-bond donors (Lipinski definition) is 1. The Morgan fingerprint density at radius 2 is 0.892 bits per heavy atom. The van der Waals surface area contributed by atoms with E-state index in [-0.39, 0.29) is 6.42 Å². The number of unbranched alkanes of at least 4 members (excludes halogenated alkanes) is 16. The Morgan fingerprint density at radius 3 is 1.27 bits per heavy atom. The van der Waals surface area contributed by atoms with Crippen LogP contribution in [-0.4, -0.2) is 61.5 Å². The number of halogens is 2. The molecule has 0 saturated heterocycles. The Balaban J connectivity index is 0.000000260. The fourth-order valence-electron chi connectivity index (χ4n) is 8.46. The lowest BCUT2D eigenvalue weighted by molar-refractivity contribution is -0.305. The molecule has 0 amide bonds. The van der Waals surface area contributed by atoms with Crippen LogP contribution in [-0.2, 0) is 22.4 Å². The van der Waals surface area contributed by atoms with Gasteiger partial charge in [-0.3, -0.25) is 34.7 Å². The largest absolute Gasteiger partial charge is 0.550 e. The van der Waals surface area contributed by atoms with Gasteiger partial charge in [0.15, 0.2) is 0 Å². The minimum Gasteiger partial charge on any atom is -0.550 e. The highest BCUT2D eigenvalue weighted by molar-refractivity contribution is 9.11. The molecule has 1 N–H and O–H groups in total. The molecule has 2 aliphatic heterocycles. The van der Waals surface area contributed by atoms with Crippen molar-refractivity contribution in [1.82, 2.24) is 19.9 Å². The molecule has 0 fully saturated rings. The first-order valence-electron chi connectivity index (χ1n) is 28.1. The van der Waals surface area contributed by atoms with Gasteiger partial charge in [0, 0.05) is 83.5 Å². The molecular formula is C62H87Br2N6O4-. The Bertz CT molecular complexity index is 2200. The molecule has 2 aliphatic rings. The SMILES string of the molecule is Brc1c(CC2=NCCC2)ccc2nccnc12.Brc1c(CC2=NCCC2)ccc2nccnc12.CCCCC/C=C/C/C=C\CCCCCCCC(=O)O.CCCCC/C=C/C/C=C\CCCCCCCC(=O)[O-]. The molecule has 74 heavy (non-hydrogen) atoms. The van der Waals surface area contributed by atoms with Crippen molar-refractivity contribution in [2.75, 3.05) is 13.1 Å². The number of carbonyl (C=O) groups excluding carboxylic acids is 1. The zero-order valence-electron chi connectivity index (χ0n) is 45.0. The number of rotatable bonds is 32. The van der Waals surface area contributed by atoms with Gasteiger partial charge in [0.25, 0.3) is 0 Å². The summed E-state index contributed by atoms with van der Waals surface area (Å²) in [5.41, 5.74) is 8.82. The Labute approximate surface area is 461 Å². The molecule has 404 valence electrons. The number of aromatic nitrogens is 4. The summed E-state index contributed by atoms with van der Waals surface area (Å²) in [6.45, 7) is 6.44. The zero-order valence-corrected chi connectivity index (χ0v) is 48.1. The fourth-order valence-corrected chi connectivity index (χ4v) is 9.61. The number of benzene rings is 2. The van der Waals surface area contributed by atoms with Gasteiger partial charge in [0.1, 0.15) is 11.0 Å². The molecule has 0 aliphatic carbocycles. The zero-order chi connectivity index (χ0) is 53.1. The molecule has 2 aromatic heterocycles. The lowest BCUT2D eigenvalue weighted by Gasteiger charge is -2.06. The van der Waals surface area contributed by atoms with Gasteiger partial charge in [-0.2, -0.15) is 0 Å². The fraction of sp³-hybridized carbons (Fsp3) is 0.548. The van der Waals surface area contributed by atoms with Gasteiger partial charge in [0.2, 0.25) is 0 Å². The van der Waals surface area contributed by atoms with Gasteiger partial charge in [-0.25, -0.2) is 0 Å². The van der Waals surface area contributed by atoms with Crippen LogP contribution in [0.3, 0.4) is 0 Å². The number of fused-ring (bicyclic) bond motifs is 2. The van der Waals surface area contributed by atoms with Crippen LogP contribution in [0.25, 0.3) is 22.1 Å². The smallest absolute Gasteiger partial charge is 0.303 e. The lowest BCUT2D eigenvalue weighted by atomic mass is 10.1. The summed E-state index contributed by atoms with van der Waals surface area (Å²) in [6.07, 6.45) is 57.6. The molecule has 2 aromatic carbocycles. The average Bonchev–Trinajstić information content (AvgIpc) is 4.14. The minimum absolute atomic E-state index is 0.213. The average molecular weight is 1140 g/mol. The van der Waals surface area contributed by atoms with Gasteiger partial charge < -0.3 is 15.0 Å². The lowest BCUT2D eigenvalue weighted by Crippen LogP contribution is -2.21. The first kappa shape index (κ1) is 63.6. The maximum Gasteiger partial charge on any atom is 0.303 e. The van der Waals surface area contributed by atoms with E-state index in [0.717, 1.165) is 128 Å². The molecule has 0 radical (unpaired) electrons. The third-order valence-corrected chi connectivity index (χ3v) is 14.5. The van der Waals surface area contributed by atoms with Crippen molar-refractivity contribution in [3.63, 3.8) is 0 Å².